The molecule has 21 heavy (non-hydrogen) atoms. The molecule has 0 unspecified atom stereocenters. The summed E-state index contributed by atoms with van der Waals surface area (Å²) < 4.78 is 10.1. The highest BCUT2D eigenvalue weighted by Crippen LogP contribution is 2.35. The third-order valence-electron chi connectivity index (χ3n) is 2.73. The van der Waals surface area contributed by atoms with E-state index in [4.69, 9.17) is 21.1 Å². The van der Waals surface area contributed by atoms with Gasteiger partial charge in [-0.05, 0) is 49.4 Å². The molecule has 0 heterocycles. The Morgan fingerprint density at radius 1 is 1.19 bits per heavy atom. The molecule has 0 aliphatic rings. The lowest BCUT2D eigenvalue weighted by Crippen LogP contribution is -2.03. The Morgan fingerprint density at radius 2 is 1.90 bits per heavy atom. The van der Waals surface area contributed by atoms with Crippen molar-refractivity contribution in [1.29, 1.82) is 0 Å². The van der Waals surface area contributed by atoms with E-state index in [-0.39, 0.29) is 5.97 Å². The summed E-state index contributed by atoms with van der Waals surface area (Å²) >= 11 is 7.73. The monoisotopic (exact) mass is 322 g/mol. The Morgan fingerprint density at radius 3 is 2.48 bits per heavy atom. The van der Waals surface area contributed by atoms with Gasteiger partial charge in [0, 0.05) is 9.79 Å². The Hall–Kier alpha value is -1.65. The van der Waals surface area contributed by atoms with E-state index < -0.39 is 0 Å². The molecule has 0 saturated heterocycles. The Kier molecular flexibility index (Phi) is 5.53. The van der Waals surface area contributed by atoms with Crippen LogP contribution in [0.2, 0.25) is 5.02 Å². The zero-order valence-electron chi connectivity index (χ0n) is 11.8. The summed E-state index contributed by atoms with van der Waals surface area (Å²) in [5.74, 6) is 0.415. The number of rotatable bonds is 5. The van der Waals surface area contributed by atoms with Crippen LogP contribution in [0.4, 0.5) is 0 Å². The molecule has 5 heteroatoms. The van der Waals surface area contributed by atoms with Gasteiger partial charge in [0.25, 0.3) is 0 Å². The van der Waals surface area contributed by atoms with Crippen molar-refractivity contribution in [1.82, 2.24) is 0 Å². The van der Waals surface area contributed by atoms with Gasteiger partial charge < -0.3 is 9.47 Å². The van der Waals surface area contributed by atoms with Crippen molar-refractivity contribution >= 4 is 29.3 Å². The fourth-order valence-electron chi connectivity index (χ4n) is 1.69. The summed E-state index contributed by atoms with van der Waals surface area (Å²) in [6.07, 6.45) is 0. The van der Waals surface area contributed by atoms with Crippen molar-refractivity contribution in [2.24, 2.45) is 0 Å². The van der Waals surface area contributed by atoms with E-state index in [1.807, 2.05) is 24.3 Å². The lowest BCUT2D eigenvalue weighted by atomic mass is 10.2. The number of hydrogen-bond donors (Lipinski definition) is 0. The number of methoxy groups -OCH3 is 1. The molecule has 0 amide bonds. The van der Waals surface area contributed by atoms with Crippen LogP contribution in [-0.2, 0) is 4.74 Å². The molecule has 2 aromatic carbocycles. The first kappa shape index (κ1) is 15.7. The summed E-state index contributed by atoms with van der Waals surface area (Å²) in [5.41, 5.74) is 0.544. The van der Waals surface area contributed by atoms with Gasteiger partial charge >= 0.3 is 5.97 Å². The van der Waals surface area contributed by atoms with Gasteiger partial charge in [-0.25, -0.2) is 4.79 Å². The zero-order chi connectivity index (χ0) is 15.2. The van der Waals surface area contributed by atoms with E-state index in [0.717, 1.165) is 15.5 Å². The minimum absolute atomic E-state index is 0.309. The SMILES string of the molecule is CCOC(=O)c1ccc(Sc2ccc(OC)cc2Cl)cc1. The molecule has 3 nitrogen and oxygen atoms in total. The molecular weight excluding hydrogens is 308 g/mol. The molecule has 0 spiro atoms. The number of esters is 1. The second-order valence-electron chi connectivity index (χ2n) is 4.14. The number of ether oxygens (including phenoxy) is 2. The third kappa shape index (κ3) is 4.16. The van der Waals surface area contributed by atoms with Gasteiger partial charge in [-0.15, -0.1) is 0 Å². The average Bonchev–Trinajstić information content (AvgIpc) is 2.50. The van der Waals surface area contributed by atoms with Crippen LogP contribution >= 0.6 is 23.4 Å². The van der Waals surface area contributed by atoms with Gasteiger partial charge in [0.05, 0.1) is 24.3 Å². The lowest BCUT2D eigenvalue weighted by molar-refractivity contribution is 0.0526. The fourth-order valence-corrected chi connectivity index (χ4v) is 2.80. The van der Waals surface area contributed by atoms with E-state index >= 15 is 0 Å². The van der Waals surface area contributed by atoms with Gasteiger partial charge in [0.1, 0.15) is 5.75 Å². The highest BCUT2D eigenvalue weighted by molar-refractivity contribution is 7.99. The van der Waals surface area contributed by atoms with E-state index in [0.29, 0.717) is 17.2 Å². The normalized spacial score (nSPS) is 10.2. The predicted octanol–water partition coefficient (Wildman–Crippen LogP) is 4.68. The van der Waals surface area contributed by atoms with Crippen molar-refractivity contribution in [2.75, 3.05) is 13.7 Å². The van der Waals surface area contributed by atoms with Gasteiger partial charge in [-0.2, -0.15) is 0 Å². The van der Waals surface area contributed by atoms with Crippen LogP contribution in [0, 0.1) is 0 Å². The van der Waals surface area contributed by atoms with Gasteiger partial charge in [-0.1, -0.05) is 23.4 Å². The number of halogens is 1. The van der Waals surface area contributed by atoms with Crippen LogP contribution in [0.5, 0.6) is 5.75 Å². The maximum absolute atomic E-state index is 11.6. The molecule has 0 aliphatic carbocycles. The number of benzene rings is 2. The van der Waals surface area contributed by atoms with Crippen molar-refractivity contribution in [2.45, 2.75) is 16.7 Å². The zero-order valence-corrected chi connectivity index (χ0v) is 13.3. The Labute approximate surface area is 133 Å². The van der Waals surface area contributed by atoms with Crippen LogP contribution < -0.4 is 4.74 Å². The molecule has 2 rings (SSSR count). The standard InChI is InChI=1S/C16H15ClO3S/c1-3-20-16(18)11-4-7-13(8-5-11)21-15-9-6-12(19-2)10-14(15)17/h4-10H,3H2,1-2H3. The molecule has 2 aromatic rings. The van der Waals surface area contributed by atoms with Crippen molar-refractivity contribution in [3.8, 4) is 5.75 Å². The van der Waals surface area contributed by atoms with Crippen molar-refractivity contribution in [3.05, 3.63) is 53.1 Å². The second kappa shape index (κ2) is 7.38. The number of carbonyl (C=O) groups is 1. The van der Waals surface area contributed by atoms with Gasteiger partial charge in [0.15, 0.2) is 0 Å². The summed E-state index contributed by atoms with van der Waals surface area (Å²) in [6, 6.07) is 12.8. The lowest BCUT2D eigenvalue weighted by Gasteiger charge is -2.07. The van der Waals surface area contributed by atoms with Gasteiger partial charge in [0.2, 0.25) is 0 Å². The van der Waals surface area contributed by atoms with Crippen molar-refractivity contribution < 1.29 is 14.3 Å². The van der Waals surface area contributed by atoms with E-state index in [2.05, 4.69) is 0 Å². The molecule has 0 aromatic heterocycles. The van der Waals surface area contributed by atoms with Crippen LogP contribution in [0.15, 0.2) is 52.3 Å². The fraction of sp³-hybridized carbons (Fsp3) is 0.188. The molecule has 0 fully saturated rings. The molecule has 0 saturated carbocycles. The minimum Gasteiger partial charge on any atom is -0.497 e. The second-order valence-corrected chi connectivity index (χ2v) is 5.67. The largest absolute Gasteiger partial charge is 0.497 e. The van der Waals surface area contributed by atoms with Crippen LogP contribution in [-0.4, -0.2) is 19.7 Å². The smallest absolute Gasteiger partial charge is 0.338 e. The summed E-state index contributed by atoms with van der Waals surface area (Å²) in [7, 11) is 1.60. The molecule has 0 N–H and O–H groups in total. The molecule has 0 aliphatic heterocycles. The highest BCUT2D eigenvalue weighted by Gasteiger charge is 2.08. The van der Waals surface area contributed by atoms with Gasteiger partial charge in [-0.3, -0.25) is 0 Å². The molecule has 110 valence electrons. The van der Waals surface area contributed by atoms with E-state index in [1.165, 1.54) is 11.8 Å². The summed E-state index contributed by atoms with van der Waals surface area (Å²) in [5, 5.41) is 0.633. The number of carbonyl (C=O) groups excluding carboxylic acids is 1. The van der Waals surface area contributed by atoms with Crippen molar-refractivity contribution in [3.63, 3.8) is 0 Å². The van der Waals surface area contributed by atoms with Crippen LogP contribution in [0.3, 0.4) is 0 Å². The maximum Gasteiger partial charge on any atom is 0.338 e. The summed E-state index contributed by atoms with van der Waals surface area (Å²) in [6.45, 7) is 2.16. The maximum atomic E-state index is 11.6. The molecule has 0 bridgehead atoms. The molecule has 0 radical (unpaired) electrons. The van der Waals surface area contributed by atoms with E-state index in [9.17, 15) is 4.79 Å². The molecule has 0 atom stereocenters. The first-order valence-corrected chi connectivity index (χ1v) is 7.62. The molecular formula is C16H15ClO3S. The highest BCUT2D eigenvalue weighted by atomic mass is 35.5. The topological polar surface area (TPSA) is 35.5 Å². The average molecular weight is 323 g/mol. The minimum atomic E-state index is -0.309. The Bertz CT molecular complexity index is 626. The first-order chi connectivity index (χ1) is 10.1. The third-order valence-corrected chi connectivity index (χ3v) is 4.24. The summed E-state index contributed by atoms with van der Waals surface area (Å²) in [4.78, 5) is 13.5. The quantitative estimate of drug-likeness (QED) is 0.749. The van der Waals surface area contributed by atoms with Crippen LogP contribution in [0.25, 0.3) is 0 Å². The predicted molar refractivity (Wildman–Crippen MR) is 84.5 cm³/mol. The Balaban J connectivity index is 2.11. The first-order valence-electron chi connectivity index (χ1n) is 6.42. The van der Waals surface area contributed by atoms with E-state index in [1.54, 1.807) is 32.2 Å². The number of hydrogen-bond acceptors (Lipinski definition) is 4. The van der Waals surface area contributed by atoms with Crippen LogP contribution in [0.1, 0.15) is 17.3 Å².